The molecule has 1 unspecified atom stereocenters. The van der Waals surface area contributed by atoms with E-state index in [0.29, 0.717) is 6.54 Å². The van der Waals surface area contributed by atoms with Crippen LogP contribution in [0.25, 0.3) is 0 Å². The van der Waals surface area contributed by atoms with Crippen molar-refractivity contribution < 1.29 is 9.13 Å². The van der Waals surface area contributed by atoms with Crippen molar-refractivity contribution in [3.8, 4) is 0 Å². The zero-order valence-corrected chi connectivity index (χ0v) is 13.2. The number of rotatable bonds is 8. The first-order valence-corrected chi connectivity index (χ1v) is 7.51. The van der Waals surface area contributed by atoms with Gasteiger partial charge in [0.15, 0.2) is 5.96 Å². The lowest BCUT2D eigenvalue weighted by Crippen LogP contribution is -2.38. The Kier molecular flexibility index (Phi) is 8.43. The van der Waals surface area contributed by atoms with Gasteiger partial charge in [-0.15, -0.1) is 0 Å². The molecule has 1 rings (SSSR count). The van der Waals surface area contributed by atoms with Crippen LogP contribution in [0.15, 0.2) is 29.3 Å². The van der Waals surface area contributed by atoms with Gasteiger partial charge in [0.1, 0.15) is 11.9 Å². The minimum absolute atomic E-state index is 0.174. The maximum atomic E-state index is 13.0. The highest BCUT2D eigenvalue weighted by Gasteiger charge is 2.10. The fourth-order valence-electron chi connectivity index (χ4n) is 1.89. The smallest absolute Gasteiger partial charge is 0.191 e. The number of hydrogen-bond donors (Lipinski definition) is 2. The normalized spacial score (nSPS) is 13.0. The summed E-state index contributed by atoms with van der Waals surface area (Å²) in [5, 5.41) is 6.49. The van der Waals surface area contributed by atoms with E-state index in [9.17, 15) is 4.39 Å². The largest absolute Gasteiger partial charge is 0.375 e. The molecular formula is C16H26FN3O. The van der Waals surface area contributed by atoms with E-state index in [4.69, 9.17) is 4.74 Å². The highest BCUT2D eigenvalue weighted by Crippen LogP contribution is 2.17. The number of unbranched alkanes of at least 4 members (excludes halogenated alkanes) is 1. The fraction of sp³-hybridized carbons (Fsp3) is 0.562. The van der Waals surface area contributed by atoms with Gasteiger partial charge in [-0.25, -0.2) is 4.39 Å². The van der Waals surface area contributed by atoms with Gasteiger partial charge in [0.25, 0.3) is 0 Å². The van der Waals surface area contributed by atoms with Gasteiger partial charge in [0.05, 0.1) is 6.54 Å². The average Bonchev–Trinajstić information content (AvgIpc) is 2.49. The molecule has 0 heterocycles. The van der Waals surface area contributed by atoms with Crippen molar-refractivity contribution in [3.63, 3.8) is 0 Å². The van der Waals surface area contributed by atoms with Crippen LogP contribution in [0.1, 0.15) is 38.4 Å². The highest BCUT2D eigenvalue weighted by molar-refractivity contribution is 5.79. The van der Waals surface area contributed by atoms with Crippen molar-refractivity contribution in [2.24, 2.45) is 4.99 Å². The Labute approximate surface area is 126 Å². The summed E-state index contributed by atoms with van der Waals surface area (Å²) < 4.78 is 18.4. The quantitative estimate of drug-likeness (QED) is 0.440. The SMILES string of the molecule is CCCCNC(=NCC(OC)c1ccc(F)cc1)NCC. The molecule has 0 aliphatic rings. The van der Waals surface area contributed by atoms with Gasteiger partial charge in [0, 0.05) is 20.2 Å². The molecule has 5 heteroatoms. The standard InChI is InChI=1S/C16H26FN3O/c1-4-6-11-19-16(18-5-2)20-12-15(21-3)13-7-9-14(17)10-8-13/h7-10,15H,4-6,11-12H2,1-3H3,(H2,18,19,20). The lowest BCUT2D eigenvalue weighted by molar-refractivity contribution is 0.111. The summed E-state index contributed by atoms with van der Waals surface area (Å²) in [6.45, 7) is 6.39. The van der Waals surface area contributed by atoms with Crippen LogP contribution in [0.5, 0.6) is 0 Å². The van der Waals surface area contributed by atoms with E-state index in [1.54, 1.807) is 19.2 Å². The maximum Gasteiger partial charge on any atom is 0.191 e. The second-order valence-corrected chi connectivity index (χ2v) is 4.78. The van der Waals surface area contributed by atoms with Gasteiger partial charge >= 0.3 is 0 Å². The van der Waals surface area contributed by atoms with Crippen molar-refractivity contribution in [1.82, 2.24) is 10.6 Å². The molecule has 2 N–H and O–H groups in total. The molecule has 0 fully saturated rings. The molecule has 0 saturated heterocycles. The van der Waals surface area contributed by atoms with Crippen LogP contribution in [-0.2, 0) is 4.74 Å². The van der Waals surface area contributed by atoms with Crippen LogP contribution >= 0.6 is 0 Å². The summed E-state index contributed by atoms with van der Waals surface area (Å²) in [6.07, 6.45) is 2.07. The minimum Gasteiger partial charge on any atom is -0.375 e. The van der Waals surface area contributed by atoms with Crippen LogP contribution < -0.4 is 10.6 Å². The fourth-order valence-corrected chi connectivity index (χ4v) is 1.89. The molecule has 0 aromatic heterocycles. The van der Waals surface area contributed by atoms with E-state index in [0.717, 1.165) is 37.5 Å². The minimum atomic E-state index is -0.244. The number of nitrogens with one attached hydrogen (secondary N) is 2. The third-order valence-corrected chi connectivity index (χ3v) is 3.11. The lowest BCUT2D eigenvalue weighted by atomic mass is 10.1. The number of benzene rings is 1. The van der Waals surface area contributed by atoms with Crippen molar-refractivity contribution in [3.05, 3.63) is 35.6 Å². The lowest BCUT2D eigenvalue weighted by Gasteiger charge is -2.16. The Balaban J connectivity index is 2.64. The van der Waals surface area contributed by atoms with Gasteiger partial charge in [-0.1, -0.05) is 25.5 Å². The number of nitrogens with zero attached hydrogens (tertiary/aromatic N) is 1. The first-order chi connectivity index (χ1) is 10.2. The molecule has 4 nitrogen and oxygen atoms in total. The first kappa shape index (κ1) is 17.4. The number of aliphatic imine (C=N–C) groups is 1. The van der Waals surface area contributed by atoms with Crippen molar-refractivity contribution in [2.75, 3.05) is 26.7 Å². The second-order valence-electron chi connectivity index (χ2n) is 4.78. The third-order valence-electron chi connectivity index (χ3n) is 3.11. The molecule has 0 amide bonds. The van der Waals surface area contributed by atoms with Gasteiger partial charge in [0.2, 0.25) is 0 Å². The highest BCUT2D eigenvalue weighted by atomic mass is 19.1. The van der Waals surface area contributed by atoms with Crippen molar-refractivity contribution in [1.29, 1.82) is 0 Å². The molecule has 0 bridgehead atoms. The number of guanidine groups is 1. The molecular weight excluding hydrogens is 269 g/mol. The molecule has 1 atom stereocenters. The zero-order valence-electron chi connectivity index (χ0n) is 13.2. The van der Waals surface area contributed by atoms with E-state index in [2.05, 4.69) is 22.5 Å². The molecule has 0 spiro atoms. The zero-order chi connectivity index (χ0) is 15.5. The molecule has 0 radical (unpaired) electrons. The molecule has 0 aliphatic carbocycles. The van der Waals surface area contributed by atoms with Crippen LogP contribution in [0, 0.1) is 5.82 Å². The predicted octanol–water partition coefficient (Wildman–Crippen LogP) is 2.87. The van der Waals surface area contributed by atoms with E-state index in [-0.39, 0.29) is 11.9 Å². The summed E-state index contributed by atoms with van der Waals surface area (Å²) >= 11 is 0. The third kappa shape index (κ3) is 6.58. The van der Waals surface area contributed by atoms with Crippen molar-refractivity contribution in [2.45, 2.75) is 32.8 Å². The summed E-state index contributed by atoms with van der Waals surface area (Å²) in [5.74, 6) is 0.543. The molecule has 21 heavy (non-hydrogen) atoms. The van der Waals surface area contributed by atoms with Crippen LogP contribution in [0.3, 0.4) is 0 Å². The topological polar surface area (TPSA) is 45.7 Å². The Bertz CT molecular complexity index is 420. The van der Waals surface area contributed by atoms with Gasteiger partial charge in [-0.2, -0.15) is 0 Å². The van der Waals surface area contributed by atoms with E-state index in [1.165, 1.54) is 12.1 Å². The summed E-state index contributed by atoms with van der Waals surface area (Å²) in [5.41, 5.74) is 0.923. The molecule has 1 aromatic carbocycles. The number of halogens is 1. The maximum absolute atomic E-state index is 13.0. The Morgan fingerprint density at radius 2 is 1.95 bits per heavy atom. The predicted molar refractivity (Wildman–Crippen MR) is 85.0 cm³/mol. The monoisotopic (exact) mass is 295 g/mol. The summed E-state index contributed by atoms with van der Waals surface area (Å²) in [4.78, 5) is 4.53. The summed E-state index contributed by atoms with van der Waals surface area (Å²) in [7, 11) is 1.64. The number of methoxy groups -OCH3 is 1. The molecule has 0 saturated carbocycles. The molecule has 0 aliphatic heterocycles. The van der Waals surface area contributed by atoms with E-state index in [1.807, 2.05) is 6.92 Å². The Hall–Kier alpha value is -1.62. The van der Waals surface area contributed by atoms with Crippen LogP contribution in [0.2, 0.25) is 0 Å². The van der Waals surface area contributed by atoms with Gasteiger partial charge in [-0.3, -0.25) is 4.99 Å². The van der Waals surface area contributed by atoms with E-state index >= 15 is 0 Å². The van der Waals surface area contributed by atoms with Crippen LogP contribution in [-0.4, -0.2) is 32.7 Å². The average molecular weight is 295 g/mol. The Morgan fingerprint density at radius 3 is 2.52 bits per heavy atom. The number of ether oxygens (including phenoxy) is 1. The second kappa shape index (κ2) is 10.2. The molecule has 118 valence electrons. The van der Waals surface area contributed by atoms with Gasteiger partial charge < -0.3 is 15.4 Å². The number of hydrogen-bond acceptors (Lipinski definition) is 2. The van der Waals surface area contributed by atoms with Crippen LogP contribution in [0.4, 0.5) is 4.39 Å². The Morgan fingerprint density at radius 1 is 1.24 bits per heavy atom. The van der Waals surface area contributed by atoms with Gasteiger partial charge in [-0.05, 0) is 31.0 Å². The molecule has 1 aromatic rings. The summed E-state index contributed by atoms with van der Waals surface area (Å²) in [6, 6.07) is 6.35. The first-order valence-electron chi connectivity index (χ1n) is 7.51. The van der Waals surface area contributed by atoms with E-state index < -0.39 is 0 Å². The van der Waals surface area contributed by atoms with Crippen molar-refractivity contribution >= 4 is 5.96 Å².